The Morgan fingerprint density at radius 3 is 2.08 bits per heavy atom. The van der Waals surface area contributed by atoms with Gasteiger partial charge in [-0.15, -0.1) is 24.8 Å². The molecule has 0 unspecified atom stereocenters. The maximum absolute atomic E-state index is 13.0. The van der Waals surface area contributed by atoms with Gasteiger partial charge in [0.1, 0.15) is 5.75 Å². The van der Waals surface area contributed by atoms with E-state index in [0.717, 1.165) is 43.9 Å². The van der Waals surface area contributed by atoms with Gasteiger partial charge < -0.3 is 10.1 Å². The third-order valence-corrected chi connectivity index (χ3v) is 4.19. The van der Waals surface area contributed by atoms with Crippen LogP contribution in [0.15, 0.2) is 18.2 Å². The van der Waals surface area contributed by atoms with E-state index in [1.807, 2.05) is 0 Å². The molecule has 1 N–H and O–H groups in total. The van der Waals surface area contributed by atoms with E-state index in [2.05, 4.69) is 31.0 Å². The first kappa shape index (κ1) is 24.3. The van der Waals surface area contributed by atoms with Gasteiger partial charge in [0.05, 0.1) is 12.7 Å². The minimum Gasteiger partial charge on any atom is -0.496 e. The number of alkyl halides is 3. The van der Waals surface area contributed by atoms with Crippen molar-refractivity contribution in [3.05, 3.63) is 29.3 Å². The second-order valence-electron chi connectivity index (χ2n) is 7.01. The summed E-state index contributed by atoms with van der Waals surface area (Å²) in [5.41, 5.74) is 0.0191. The van der Waals surface area contributed by atoms with Crippen molar-refractivity contribution in [1.82, 2.24) is 10.2 Å². The fraction of sp³-hybridized carbons (Fsp3) is 0.647. The molecule has 1 atom stereocenters. The standard InChI is InChI=1S/C17H25F3N2O.2ClH/c1-16(2,3)15(22-9-7-21-8-10-22)13-6-5-12(17(18,19)20)11-14(13)23-4;;/h5-6,11,15,21H,7-10H2,1-4H3;2*1H/t15-;;/m1../s1. The zero-order valence-corrected chi connectivity index (χ0v) is 16.6. The Hall–Kier alpha value is -0.690. The molecule has 1 saturated heterocycles. The van der Waals surface area contributed by atoms with Crippen molar-refractivity contribution < 1.29 is 17.9 Å². The molecule has 1 aliphatic heterocycles. The molecule has 1 aromatic carbocycles. The van der Waals surface area contributed by atoms with Crippen molar-refractivity contribution in [3.8, 4) is 5.75 Å². The summed E-state index contributed by atoms with van der Waals surface area (Å²) < 4.78 is 44.2. The molecule has 2 rings (SSSR count). The van der Waals surface area contributed by atoms with E-state index in [-0.39, 0.29) is 36.3 Å². The van der Waals surface area contributed by atoms with Gasteiger partial charge in [-0.3, -0.25) is 4.90 Å². The van der Waals surface area contributed by atoms with E-state index in [1.54, 1.807) is 6.07 Å². The van der Waals surface area contributed by atoms with E-state index in [1.165, 1.54) is 7.11 Å². The first-order valence-electron chi connectivity index (χ1n) is 7.84. The van der Waals surface area contributed by atoms with E-state index in [4.69, 9.17) is 4.74 Å². The molecule has 0 amide bonds. The topological polar surface area (TPSA) is 24.5 Å². The third-order valence-electron chi connectivity index (χ3n) is 4.19. The Morgan fingerprint density at radius 2 is 1.64 bits per heavy atom. The largest absolute Gasteiger partial charge is 0.496 e. The van der Waals surface area contributed by atoms with Crippen LogP contribution in [0.3, 0.4) is 0 Å². The second kappa shape index (κ2) is 9.31. The van der Waals surface area contributed by atoms with E-state index in [0.29, 0.717) is 5.75 Å². The van der Waals surface area contributed by atoms with Crippen LogP contribution in [-0.4, -0.2) is 38.2 Å². The summed E-state index contributed by atoms with van der Waals surface area (Å²) >= 11 is 0. The summed E-state index contributed by atoms with van der Waals surface area (Å²) in [4.78, 5) is 2.32. The summed E-state index contributed by atoms with van der Waals surface area (Å²) in [7, 11) is 1.43. The predicted molar refractivity (Wildman–Crippen MR) is 99.1 cm³/mol. The molecule has 0 bridgehead atoms. The summed E-state index contributed by atoms with van der Waals surface area (Å²) in [6, 6.07) is 3.83. The molecule has 1 aromatic rings. The molecule has 3 nitrogen and oxygen atoms in total. The van der Waals surface area contributed by atoms with Gasteiger partial charge >= 0.3 is 6.18 Å². The highest BCUT2D eigenvalue weighted by Gasteiger charge is 2.36. The van der Waals surface area contributed by atoms with Crippen molar-refractivity contribution >= 4 is 24.8 Å². The van der Waals surface area contributed by atoms with Gasteiger partial charge in [-0.2, -0.15) is 13.2 Å². The number of piperazine rings is 1. The van der Waals surface area contributed by atoms with Crippen molar-refractivity contribution in [2.75, 3.05) is 33.3 Å². The molecule has 146 valence electrons. The molecule has 0 aromatic heterocycles. The SMILES string of the molecule is COc1cc(C(F)(F)F)ccc1[C@@H](N1CCNCC1)C(C)(C)C.Cl.Cl. The van der Waals surface area contributed by atoms with Gasteiger partial charge in [-0.25, -0.2) is 0 Å². The molecular formula is C17H27Cl2F3N2O. The highest BCUT2D eigenvalue weighted by molar-refractivity contribution is 5.85. The van der Waals surface area contributed by atoms with Gasteiger partial charge in [0.15, 0.2) is 0 Å². The lowest BCUT2D eigenvalue weighted by Gasteiger charge is -2.43. The minimum atomic E-state index is -4.36. The third kappa shape index (κ3) is 5.91. The summed E-state index contributed by atoms with van der Waals surface area (Å²) in [6.45, 7) is 9.83. The highest BCUT2D eigenvalue weighted by atomic mass is 35.5. The first-order chi connectivity index (χ1) is 10.6. The molecule has 1 aliphatic rings. The Morgan fingerprint density at radius 1 is 1.08 bits per heavy atom. The number of hydrogen-bond donors (Lipinski definition) is 1. The fourth-order valence-electron chi connectivity index (χ4n) is 3.26. The number of rotatable bonds is 3. The zero-order chi connectivity index (χ0) is 17.3. The van der Waals surface area contributed by atoms with Crippen LogP contribution in [0.5, 0.6) is 5.75 Å². The van der Waals surface area contributed by atoms with Crippen molar-refractivity contribution in [3.63, 3.8) is 0 Å². The number of nitrogens with zero attached hydrogens (tertiary/aromatic N) is 1. The number of halogens is 5. The molecule has 1 fully saturated rings. The quantitative estimate of drug-likeness (QED) is 0.802. The van der Waals surface area contributed by atoms with Crippen LogP contribution in [0.1, 0.15) is 37.9 Å². The van der Waals surface area contributed by atoms with E-state index < -0.39 is 11.7 Å². The maximum atomic E-state index is 13.0. The molecule has 0 spiro atoms. The van der Waals surface area contributed by atoms with Gasteiger partial charge in [0.25, 0.3) is 0 Å². The van der Waals surface area contributed by atoms with Crippen molar-refractivity contribution in [2.24, 2.45) is 5.41 Å². The van der Waals surface area contributed by atoms with E-state index >= 15 is 0 Å². The second-order valence-corrected chi connectivity index (χ2v) is 7.01. The molecule has 0 radical (unpaired) electrons. The number of nitrogens with one attached hydrogen (secondary N) is 1. The number of methoxy groups -OCH3 is 1. The Bertz CT molecular complexity index is 542. The summed E-state index contributed by atoms with van der Waals surface area (Å²) in [5.74, 6) is 0.304. The smallest absolute Gasteiger partial charge is 0.416 e. The van der Waals surface area contributed by atoms with Gasteiger partial charge in [-0.05, 0) is 17.5 Å². The lowest BCUT2D eigenvalue weighted by atomic mass is 9.80. The number of hydrogen-bond acceptors (Lipinski definition) is 3. The highest BCUT2D eigenvalue weighted by Crippen LogP contribution is 2.43. The molecule has 0 aliphatic carbocycles. The lowest BCUT2D eigenvalue weighted by molar-refractivity contribution is -0.137. The number of benzene rings is 1. The molecule has 1 heterocycles. The Kier molecular flexibility index (Phi) is 9.05. The van der Waals surface area contributed by atoms with Gasteiger partial charge in [0.2, 0.25) is 0 Å². The molecular weight excluding hydrogens is 376 g/mol. The summed E-state index contributed by atoms with van der Waals surface area (Å²) in [6.07, 6.45) is -4.36. The molecule has 0 saturated carbocycles. The van der Waals surface area contributed by atoms with Crippen LogP contribution >= 0.6 is 24.8 Å². The fourth-order valence-corrected chi connectivity index (χ4v) is 3.26. The number of ether oxygens (including phenoxy) is 1. The maximum Gasteiger partial charge on any atom is 0.416 e. The predicted octanol–water partition coefficient (Wildman–Crippen LogP) is 4.55. The van der Waals surface area contributed by atoms with Crippen LogP contribution in [0.25, 0.3) is 0 Å². The van der Waals surface area contributed by atoms with Crippen LogP contribution in [-0.2, 0) is 6.18 Å². The monoisotopic (exact) mass is 402 g/mol. The van der Waals surface area contributed by atoms with Crippen LogP contribution in [0, 0.1) is 5.41 Å². The molecule has 25 heavy (non-hydrogen) atoms. The normalized spacial score (nSPS) is 17.2. The van der Waals surface area contributed by atoms with Gasteiger partial charge in [0, 0.05) is 37.8 Å². The van der Waals surface area contributed by atoms with Gasteiger partial charge in [-0.1, -0.05) is 26.8 Å². The Labute approximate surface area is 160 Å². The Balaban J connectivity index is 0.00000288. The van der Waals surface area contributed by atoms with Crippen LogP contribution in [0.4, 0.5) is 13.2 Å². The van der Waals surface area contributed by atoms with Crippen LogP contribution in [0.2, 0.25) is 0 Å². The van der Waals surface area contributed by atoms with Crippen LogP contribution < -0.4 is 10.1 Å². The van der Waals surface area contributed by atoms with E-state index in [9.17, 15) is 13.2 Å². The zero-order valence-electron chi connectivity index (χ0n) is 14.9. The minimum absolute atomic E-state index is 0. The first-order valence-corrected chi connectivity index (χ1v) is 7.84. The average molecular weight is 403 g/mol. The molecule has 8 heteroatoms. The average Bonchev–Trinajstić information content (AvgIpc) is 2.46. The van der Waals surface area contributed by atoms with Crippen molar-refractivity contribution in [1.29, 1.82) is 0 Å². The summed E-state index contributed by atoms with van der Waals surface area (Å²) in [5, 5.41) is 3.31. The lowest BCUT2D eigenvalue weighted by Crippen LogP contribution is -2.48. The van der Waals surface area contributed by atoms with Crippen molar-refractivity contribution in [2.45, 2.75) is 33.0 Å².